The molecule has 182 valence electrons. The van der Waals surface area contributed by atoms with E-state index in [2.05, 4.69) is 68.0 Å². The molecule has 1 nitrogen and oxygen atoms in total. The first kappa shape index (κ1) is 24.6. The second-order valence-electron chi connectivity index (χ2n) is 14.1. The molecule has 3 fully saturated rings. The molecular weight excluding hydrogens is 388 g/mol. The number of fused-ring (bicyclic) bond motifs is 5. The van der Waals surface area contributed by atoms with Gasteiger partial charge in [-0.2, -0.15) is 0 Å². The molecule has 0 spiro atoms. The van der Waals surface area contributed by atoms with Crippen LogP contribution in [-0.4, -0.2) is 11.2 Å². The van der Waals surface area contributed by atoms with Gasteiger partial charge in [0, 0.05) is 5.41 Å². The molecule has 0 aromatic carbocycles. The Morgan fingerprint density at radius 1 is 0.969 bits per heavy atom. The summed E-state index contributed by atoms with van der Waals surface area (Å²) in [7, 11) is 0. The van der Waals surface area contributed by atoms with Crippen LogP contribution in [0.2, 0.25) is 0 Å². The number of allylic oxidation sites excluding steroid dienone is 2. The zero-order chi connectivity index (χ0) is 23.7. The molecule has 3 saturated carbocycles. The van der Waals surface area contributed by atoms with E-state index in [-0.39, 0.29) is 16.9 Å². The van der Waals surface area contributed by atoms with Crippen LogP contribution in [0, 0.1) is 51.2 Å². The van der Waals surface area contributed by atoms with E-state index >= 15 is 0 Å². The second kappa shape index (κ2) is 8.00. The van der Waals surface area contributed by atoms with E-state index in [0.29, 0.717) is 16.7 Å². The lowest BCUT2D eigenvalue weighted by molar-refractivity contribution is -0.124. The molecule has 0 aliphatic heterocycles. The van der Waals surface area contributed by atoms with E-state index in [4.69, 9.17) is 0 Å². The summed E-state index contributed by atoms with van der Waals surface area (Å²) in [6.07, 6.45) is 14.1. The fraction of sp³-hybridized carbons (Fsp3) is 0.871. The predicted molar refractivity (Wildman–Crippen MR) is 137 cm³/mol. The molecule has 0 aromatic heterocycles. The standard InChI is InChI=1S/C31H52O/c1-20(2)21(3)10-11-22(4)23-14-18-31(9)25-12-13-26-28(5,6)27(32)16-17-29(26,7)24(25)15-19-30(23,31)8/h13,21-25,27,32H,1,10-12,14-19H2,2-9H3/t21-,22-,23-,24-,25+,27-,29+,30-,31+/m0/s1. The number of hydrogen-bond acceptors (Lipinski definition) is 1. The van der Waals surface area contributed by atoms with Crippen LogP contribution in [0.15, 0.2) is 23.8 Å². The van der Waals surface area contributed by atoms with Gasteiger partial charge in [-0.25, -0.2) is 0 Å². The van der Waals surface area contributed by atoms with Crippen molar-refractivity contribution >= 4 is 0 Å². The van der Waals surface area contributed by atoms with Crippen molar-refractivity contribution in [3.8, 4) is 0 Å². The SMILES string of the molecule is C=C(C)[C@@H](C)CC[C@H](C)[C@@H]1CC[C@]2(C)[C@@H]3CC=C4C(C)(C)[C@@H](O)CC[C@]4(C)[C@H]3CC[C@@]12C. The Morgan fingerprint density at radius 2 is 1.62 bits per heavy atom. The molecule has 0 radical (unpaired) electrons. The van der Waals surface area contributed by atoms with Crippen LogP contribution >= 0.6 is 0 Å². The van der Waals surface area contributed by atoms with Crippen molar-refractivity contribution in [2.24, 2.45) is 51.2 Å². The highest BCUT2D eigenvalue weighted by atomic mass is 16.3. The summed E-state index contributed by atoms with van der Waals surface area (Å²) < 4.78 is 0. The first-order valence-electron chi connectivity index (χ1n) is 13.8. The van der Waals surface area contributed by atoms with Gasteiger partial charge in [0.05, 0.1) is 6.10 Å². The zero-order valence-electron chi connectivity index (χ0n) is 22.6. The number of aliphatic hydroxyl groups is 1. The van der Waals surface area contributed by atoms with Crippen molar-refractivity contribution < 1.29 is 5.11 Å². The van der Waals surface area contributed by atoms with Crippen LogP contribution in [-0.2, 0) is 0 Å². The minimum absolute atomic E-state index is 0.0632. The van der Waals surface area contributed by atoms with Gasteiger partial charge < -0.3 is 5.11 Å². The molecule has 0 bridgehead atoms. The molecule has 9 atom stereocenters. The van der Waals surface area contributed by atoms with E-state index in [1.807, 2.05) is 0 Å². The summed E-state index contributed by atoms with van der Waals surface area (Å²) in [5.41, 5.74) is 4.10. The van der Waals surface area contributed by atoms with Gasteiger partial charge in [-0.1, -0.05) is 72.3 Å². The summed E-state index contributed by atoms with van der Waals surface area (Å²) in [5, 5.41) is 10.8. The lowest BCUT2D eigenvalue weighted by Gasteiger charge is -2.64. The maximum atomic E-state index is 10.8. The van der Waals surface area contributed by atoms with E-state index in [9.17, 15) is 5.11 Å². The third-order valence-electron chi connectivity index (χ3n) is 12.4. The topological polar surface area (TPSA) is 20.2 Å². The van der Waals surface area contributed by atoms with Gasteiger partial charge in [0.15, 0.2) is 0 Å². The van der Waals surface area contributed by atoms with Gasteiger partial charge in [0.25, 0.3) is 0 Å². The van der Waals surface area contributed by atoms with Gasteiger partial charge in [-0.05, 0) is 111 Å². The number of rotatable bonds is 5. The molecule has 0 saturated heterocycles. The fourth-order valence-corrected chi connectivity index (χ4v) is 9.70. The molecule has 4 aliphatic carbocycles. The highest BCUT2D eigenvalue weighted by Crippen LogP contribution is 2.73. The van der Waals surface area contributed by atoms with Gasteiger partial charge in [0.2, 0.25) is 0 Å². The predicted octanol–water partition coefficient (Wildman–Crippen LogP) is 8.58. The summed E-state index contributed by atoms with van der Waals surface area (Å²) in [6.45, 7) is 23.9. The first-order valence-corrected chi connectivity index (χ1v) is 13.8. The summed E-state index contributed by atoms with van der Waals surface area (Å²) in [6, 6.07) is 0. The largest absolute Gasteiger partial charge is 0.392 e. The Hall–Kier alpha value is -0.560. The van der Waals surface area contributed by atoms with E-state index in [1.54, 1.807) is 5.57 Å². The molecule has 0 amide bonds. The monoisotopic (exact) mass is 440 g/mol. The minimum atomic E-state index is -0.180. The minimum Gasteiger partial charge on any atom is -0.392 e. The quantitative estimate of drug-likeness (QED) is 0.424. The molecule has 4 rings (SSSR count). The third kappa shape index (κ3) is 3.34. The van der Waals surface area contributed by atoms with Gasteiger partial charge >= 0.3 is 0 Å². The van der Waals surface area contributed by atoms with E-state index in [0.717, 1.165) is 30.1 Å². The van der Waals surface area contributed by atoms with Crippen molar-refractivity contribution in [1.29, 1.82) is 0 Å². The zero-order valence-corrected chi connectivity index (χ0v) is 22.6. The highest BCUT2D eigenvalue weighted by Gasteiger charge is 2.65. The molecule has 0 aromatic rings. The van der Waals surface area contributed by atoms with Crippen molar-refractivity contribution in [3.05, 3.63) is 23.8 Å². The van der Waals surface area contributed by atoms with Crippen molar-refractivity contribution in [1.82, 2.24) is 0 Å². The Morgan fingerprint density at radius 3 is 2.28 bits per heavy atom. The summed E-state index contributed by atoms with van der Waals surface area (Å²) in [5.74, 6) is 3.95. The Bertz CT molecular complexity index is 775. The highest BCUT2D eigenvalue weighted by molar-refractivity contribution is 5.32. The number of hydrogen-bond donors (Lipinski definition) is 1. The lowest BCUT2D eigenvalue weighted by Crippen LogP contribution is -2.58. The van der Waals surface area contributed by atoms with Gasteiger partial charge in [-0.3, -0.25) is 0 Å². The molecule has 1 N–H and O–H groups in total. The third-order valence-corrected chi connectivity index (χ3v) is 12.4. The second-order valence-corrected chi connectivity index (χ2v) is 14.1. The van der Waals surface area contributed by atoms with E-state index in [1.165, 1.54) is 56.9 Å². The normalized spacial score (nSPS) is 47.0. The maximum absolute atomic E-state index is 10.8. The van der Waals surface area contributed by atoms with E-state index < -0.39 is 0 Å². The van der Waals surface area contributed by atoms with Crippen LogP contribution in [0.1, 0.15) is 113 Å². The molecule has 4 aliphatic rings. The molecule has 1 heteroatoms. The summed E-state index contributed by atoms with van der Waals surface area (Å²) >= 11 is 0. The molecule has 0 unspecified atom stereocenters. The Balaban J connectivity index is 1.59. The van der Waals surface area contributed by atoms with Crippen LogP contribution in [0.3, 0.4) is 0 Å². The Labute approximate surface area is 199 Å². The Kier molecular flexibility index (Phi) is 6.14. The maximum Gasteiger partial charge on any atom is 0.0628 e. The van der Waals surface area contributed by atoms with Gasteiger partial charge in [0.1, 0.15) is 0 Å². The van der Waals surface area contributed by atoms with Crippen LogP contribution in [0.5, 0.6) is 0 Å². The van der Waals surface area contributed by atoms with Crippen molar-refractivity contribution in [2.75, 3.05) is 0 Å². The molecular formula is C31H52O. The average molecular weight is 441 g/mol. The molecule has 0 heterocycles. The van der Waals surface area contributed by atoms with Crippen LogP contribution in [0.4, 0.5) is 0 Å². The first-order chi connectivity index (χ1) is 14.8. The lowest BCUT2D eigenvalue weighted by atomic mass is 9.40. The smallest absolute Gasteiger partial charge is 0.0628 e. The fourth-order valence-electron chi connectivity index (χ4n) is 9.70. The molecule has 32 heavy (non-hydrogen) atoms. The van der Waals surface area contributed by atoms with Crippen molar-refractivity contribution in [2.45, 2.75) is 119 Å². The summed E-state index contributed by atoms with van der Waals surface area (Å²) in [4.78, 5) is 0. The van der Waals surface area contributed by atoms with Crippen molar-refractivity contribution in [3.63, 3.8) is 0 Å². The van der Waals surface area contributed by atoms with Crippen LogP contribution in [0.25, 0.3) is 0 Å². The number of aliphatic hydroxyl groups excluding tert-OH is 1. The van der Waals surface area contributed by atoms with Gasteiger partial charge in [-0.15, -0.1) is 0 Å². The average Bonchev–Trinajstić information content (AvgIpc) is 3.00. The van der Waals surface area contributed by atoms with Crippen LogP contribution < -0.4 is 0 Å².